The Morgan fingerprint density at radius 1 is 1.19 bits per heavy atom. The van der Waals surface area contributed by atoms with E-state index in [-0.39, 0.29) is 24.0 Å². The van der Waals surface area contributed by atoms with Gasteiger partial charge in [0.2, 0.25) is 5.95 Å². The lowest BCUT2D eigenvalue weighted by atomic mass is 10.00. The second kappa shape index (κ2) is 7.28. The standard InChI is InChI=1S/C17H25F3N4O2/c1-11(2)13-10-23(6-7-24(13)15(25)26-16(3,4)5)14-21-8-12(9-22-14)17(18,19)20/h8-9,11,13H,6-7,10H2,1-5H3/t13-/m0/s1. The van der Waals surface area contributed by atoms with Crippen LogP contribution < -0.4 is 4.90 Å². The first-order chi connectivity index (χ1) is 11.9. The lowest BCUT2D eigenvalue weighted by molar-refractivity contribution is -0.138. The molecule has 0 N–H and O–H groups in total. The highest BCUT2D eigenvalue weighted by molar-refractivity contribution is 5.69. The summed E-state index contributed by atoms with van der Waals surface area (Å²) in [5, 5.41) is 0. The van der Waals surface area contributed by atoms with Crippen LogP contribution in [0.2, 0.25) is 0 Å². The monoisotopic (exact) mass is 374 g/mol. The summed E-state index contributed by atoms with van der Waals surface area (Å²) in [6.45, 7) is 10.6. The molecular formula is C17H25F3N4O2. The van der Waals surface area contributed by atoms with Crippen molar-refractivity contribution < 1.29 is 22.7 Å². The number of carbonyl (C=O) groups is 1. The number of halogens is 3. The lowest BCUT2D eigenvalue weighted by Gasteiger charge is -2.43. The number of amides is 1. The molecule has 1 amide bonds. The van der Waals surface area contributed by atoms with E-state index in [9.17, 15) is 18.0 Å². The number of ether oxygens (including phenoxy) is 1. The van der Waals surface area contributed by atoms with E-state index in [0.717, 1.165) is 12.4 Å². The van der Waals surface area contributed by atoms with Gasteiger partial charge in [-0.2, -0.15) is 13.2 Å². The van der Waals surface area contributed by atoms with Crippen LogP contribution in [0, 0.1) is 5.92 Å². The van der Waals surface area contributed by atoms with Gasteiger partial charge in [-0.3, -0.25) is 0 Å². The zero-order valence-electron chi connectivity index (χ0n) is 15.7. The van der Waals surface area contributed by atoms with Gasteiger partial charge in [-0.05, 0) is 26.7 Å². The molecule has 0 aliphatic carbocycles. The molecule has 0 aromatic carbocycles. The van der Waals surface area contributed by atoms with Crippen molar-refractivity contribution in [1.82, 2.24) is 14.9 Å². The van der Waals surface area contributed by atoms with Gasteiger partial charge >= 0.3 is 12.3 Å². The van der Waals surface area contributed by atoms with Crippen molar-refractivity contribution in [2.45, 2.75) is 52.4 Å². The molecule has 0 bridgehead atoms. The van der Waals surface area contributed by atoms with Crippen molar-refractivity contribution in [2.75, 3.05) is 24.5 Å². The van der Waals surface area contributed by atoms with Gasteiger partial charge in [0.15, 0.2) is 0 Å². The van der Waals surface area contributed by atoms with Crippen molar-refractivity contribution >= 4 is 12.0 Å². The Bertz CT molecular complexity index is 626. The zero-order chi connectivity index (χ0) is 19.7. The van der Waals surface area contributed by atoms with E-state index in [0.29, 0.717) is 19.6 Å². The molecule has 9 heteroatoms. The first-order valence-electron chi connectivity index (χ1n) is 8.52. The van der Waals surface area contributed by atoms with Gasteiger partial charge in [0.05, 0.1) is 11.6 Å². The van der Waals surface area contributed by atoms with Crippen molar-refractivity contribution in [1.29, 1.82) is 0 Å². The van der Waals surface area contributed by atoms with Crippen molar-refractivity contribution in [2.24, 2.45) is 5.92 Å². The van der Waals surface area contributed by atoms with E-state index in [1.165, 1.54) is 0 Å². The molecule has 1 aliphatic rings. The highest BCUT2D eigenvalue weighted by Gasteiger charge is 2.36. The fourth-order valence-corrected chi connectivity index (χ4v) is 2.74. The summed E-state index contributed by atoms with van der Waals surface area (Å²) in [7, 11) is 0. The first kappa shape index (κ1) is 20.3. The Kier molecular flexibility index (Phi) is 5.67. The van der Waals surface area contributed by atoms with Crippen molar-refractivity contribution in [3.8, 4) is 0 Å². The maximum atomic E-state index is 12.7. The third kappa shape index (κ3) is 4.98. The number of nitrogens with zero attached hydrogens (tertiary/aromatic N) is 4. The predicted molar refractivity (Wildman–Crippen MR) is 90.8 cm³/mol. The Labute approximate surface area is 151 Å². The topological polar surface area (TPSA) is 58.6 Å². The van der Waals surface area contributed by atoms with Gasteiger partial charge in [-0.15, -0.1) is 0 Å². The molecule has 1 aliphatic heterocycles. The predicted octanol–water partition coefficient (Wildman–Crippen LogP) is 3.58. The molecule has 1 aromatic heterocycles. The average molecular weight is 374 g/mol. The minimum Gasteiger partial charge on any atom is -0.444 e. The second-order valence-electron chi connectivity index (χ2n) is 7.70. The number of hydrogen-bond donors (Lipinski definition) is 0. The second-order valence-corrected chi connectivity index (χ2v) is 7.70. The van der Waals surface area contributed by atoms with Crippen LogP contribution in [-0.2, 0) is 10.9 Å². The van der Waals surface area contributed by atoms with E-state index in [4.69, 9.17) is 4.74 Å². The molecule has 6 nitrogen and oxygen atoms in total. The summed E-state index contributed by atoms with van der Waals surface area (Å²) in [5.41, 5.74) is -1.47. The van der Waals surface area contributed by atoms with Gasteiger partial charge in [0, 0.05) is 32.0 Å². The number of hydrogen-bond acceptors (Lipinski definition) is 5. The number of alkyl halides is 3. The highest BCUT2D eigenvalue weighted by atomic mass is 19.4. The molecule has 0 saturated carbocycles. The molecule has 1 fully saturated rings. The summed E-state index contributed by atoms with van der Waals surface area (Å²) in [4.78, 5) is 23.6. The largest absolute Gasteiger partial charge is 0.444 e. The van der Waals surface area contributed by atoms with Gasteiger partial charge in [0.1, 0.15) is 5.60 Å². The fraction of sp³-hybridized carbons (Fsp3) is 0.706. The molecule has 2 heterocycles. The van der Waals surface area contributed by atoms with Crippen molar-refractivity contribution in [3.05, 3.63) is 18.0 Å². The summed E-state index contributed by atoms with van der Waals surface area (Å²) in [6, 6.07) is -0.149. The molecule has 0 radical (unpaired) electrons. The van der Waals surface area contributed by atoms with Crippen LogP contribution in [0.4, 0.5) is 23.9 Å². The van der Waals surface area contributed by atoms with E-state index < -0.39 is 17.3 Å². The maximum Gasteiger partial charge on any atom is 0.419 e. The van der Waals surface area contributed by atoms with Crippen LogP contribution in [0.15, 0.2) is 12.4 Å². The number of piperazine rings is 1. The Hall–Kier alpha value is -2.06. The third-order valence-corrected chi connectivity index (χ3v) is 4.06. The van der Waals surface area contributed by atoms with Gasteiger partial charge in [-0.25, -0.2) is 14.8 Å². The van der Waals surface area contributed by atoms with E-state index in [1.54, 1.807) is 9.80 Å². The molecule has 2 rings (SSSR count). The summed E-state index contributed by atoms with van der Waals surface area (Å²) in [6.07, 6.45) is -3.28. The first-order valence-corrected chi connectivity index (χ1v) is 8.52. The van der Waals surface area contributed by atoms with Crippen LogP contribution in [0.1, 0.15) is 40.2 Å². The molecule has 0 spiro atoms. The van der Waals surface area contributed by atoms with Crippen LogP contribution in [0.3, 0.4) is 0 Å². The van der Waals surface area contributed by atoms with Crippen LogP contribution >= 0.6 is 0 Å². The van der Waals surface area contributed by atoms with E-state index in [2.05, 4.69) is 9.97 Å². The Morgan fingerprint density at radius 2 is 1.77 bits per heavy atom. The third-order valence-electron chi connectivity index (χ3n) is 4.06. The Balaban J connectivity index is 2.13. The maximum absolute atomic E-state index is 12.7. The summed E-state index contributed by atoms with van der Waals surface area (Å²) < 4.78 is 43.4. The average Bonchev–Trinajstić information content (AvgIpc) is 2.52. The number of carbonyl (C=O) groups excluding carboxylic acids is 1. The summed E-state index contributed by atoms with van der Waals surface area (Å²) in [5.74, 6) is 0.368. The summed E-state index contributed by atoms with van der Waals surface area (Å²) >= 11 is 0. The molecule has 146 valence electrons. The normalized spacial score (nSPS) is 19.0. The van der Waals surface area contributed by atoms with Gasteiger partial charge in [0.25, 0.3) is 0 Å². The minimum atomic E-state index is -4.46. The van der Waals surface area contributed by atoms with Crippen LogP contribution in [0.5, 0.6) is 0 Å². The van der Waals surface area contributed by atoms with Gasteiger partial charge < -0.3 is 14.5 Å². The van der Waals surface area contributed by atoms with Gasteiger partial charge in [-0.1, -0.05) is 13.8 Å². The number of rotatable bonds is 2. The zero-order valence-corrected chi connectivity index (χ0v) is 15.7. The van der Waals surface area contributed by atoms with E-state index >= 15 is 0 Å². The lowest BCUT2D eigenvalue weighted by Crippen LogP contribution is -2.58. The SMILES string of the molecule is CC(C)[C@@H]1CN(c2ncc(C(F)(F)F)cn2)CCN1C(=O)OC(C)(C)C. The molecular weight excluding hydrogens is 349 g/mol. The number of aromatic nitrogens is 2. The highest BCUT2D eigenvalue weighted by Crippen LogP contribution is 2.29. The molecule has 1 aromatic rings. The van der Waals surface area contributed by atoms with Crippen LogP contribution in [-0.4, -0.2) is 52.2 Å². The van der Waals surface area contributed by atoms with Crippen molar-refractivity contribution in [3.63, 3.8) is 0 Å². The molecule has 1 saturated heterocycles. The van der Waals surface area contributed by atoms with E-state index in [1.807, 2.05) is 34.6 Å². The molecule has 1 atom stereocenters. The minimum absolute atomic E-state index is 0.139. The quantitative estimate of drug-likeness (QED) is 0.792. The smallest absolute Gasteiger partial charge is 0.419 e. The Morgan fingerprint density at radius 3 is 2.23 bits per heavy atom. The molecule has 26 heavy (non-hydrogen) atoms. The fourth-order valence-electron chi connectivity index (χ4n) is 2.74. The number of anilines is 1. The molecule has 0 unspecified atom stereocenters. The van der Waals surface area contributed by atoms with Crippen LogP contribution in [0.25, 0.3) is 0 Å².